The number of aryl methyl sites for hydroxylation is 1. The van der Waals surface area contributed by atoms with Crippen LogP contribution in [-0.4, -0.2) is 29.9 Å². The fourth-order valence-electron chi connectivity index (χ4n) is 1.97. The summed E-state index contributed by atoms with van der Waals surface area (Å²) in [4.78, 5) is 19.7. The average molecular weight is 413 g/mol. The molecule has 1 amide bonds. The van der Waals surface area contributed by atoms with Gasteiger partial charge < -0.3 is 15.4 Å². The third kappa shape index (κ3) is 5.14. The van der Waals surface area contributed by atoms with E-state index in [1.54, 1.807) is 29.4 Å². The molecule has 1 aromatic heterocycles. The largest absolute Gasteiger partial charge is 0.496 e. The minimum atomic E-state index is -0.188. The Hall–Kier alpha value is -1.21. The van der Waals surface area contributed by atoms with E-state index in [-0.39, 0.29) is 30.7 Å². The maximum Gasteiger partial charge on any atom is 0.257 e. The van der Waals surface area contributed by atoms with Gasteiger partial charge in [0.25, 0.3) is 5.91 Å². The van der Waals surface area contributed by atoms with Crippen molar-refractivity contribution in [2.45, 2.75) is 19.9 Å². The third-order valence-electron chi connectivity index (χ3n) is 3.22. The van der Waals surface area contributed by atoms with Crippen molar-refractivity contribution in [3.05, 3.63) is 38.8 Å². The molecule has 0 fully saturated rings. The van der Waals surface area contributed by atoms with Crippen molar-refractivity contribution in [2.75, 3.05) is 19.9 Å². The van der Waals surface area contributed by atoms with E-state index in [1.807, 2.05) is 6.20 Å². The Balaban J connectivity index is 0.00000264. The molecule has 2 rings (SSSR count). The molecule has 134 valence electrons. The molecule has 1 heterocycles. The number of halogens is 3. The standard InChI is InChI=1S/C15H18ClN3O2S.2ClH/c1-4-9-7-18-14(22-9)8-19(2)15(20)10-5-11(16)12(17)6-13(10)21-3;;/h5-7H,4,8,17H2,1-3H3;2*1H. The summed E-state index contributed by atoms with van der Waals surface area (Å²) in [6, 6.07) is 3.09. The number of nitrogen functional groups attached to an aromatic ring is 1. The molecule has 9 heteroatoms. The Morgan fingerprint density at radius 3 is 2.62 bits per heavy atom. The van der Waals surface area contributed by atoms with Gasteiger partial charge in [0.05, 0.1) is 29.9 Å². The van der Waals surface area contributed by atoms with Crippen molar-refractivity contribution in [2.24, 2.45) is 0 Å². The van der Waals surface area contributed by atoms with Gasteiger partial charge in [0, 0.05) is 24.2 Å². The Kier molecular flexibility index (Phi) is 9.43. The Bertz CT molecular complexity index is 695. The first-order valence-corrected chi connectivity index (χ1v) is 7.97. The molecule has 0 saturated heterocycles. The number of ether oxygens (including phenoxy) is 1. The van der Waals surface area contributed by atoms with Gasteiger partial charge in [-0.2, -0.15) is 0 Å². The van der Waals surface area contributed by atoms with Crippen molar-refractivity contribution >= 4 is 59.3 Å². The summed E-state index contributed by atoms with van der Waals surface area (Å²) >= 11 is 7.62. The predicted molar refractivity (Wildman–Crippen MR) is 104 cm³/mol. The van der Waals surface area contributed by atoms with Crippen molar-refractivity contribution in [3.8, 4) is 5.75 Å². The number of nitrogens with two attached hydrogens (primary N) is 1. The van der Waals surface area contributed by atoms with Crippen LogP contribution in [0.5, 0.6) is 5.75 Å². The highest BCUT2D eigenvalue weighted by Crippen LogP contribution is 2.30. The fraction of sp³-hybridized carbons (Fsp3) is 0.333. The minimum Gasteiger partial charge on any atom is -0.496 e. The normalized spacial score (nSPS) is 9.67. The second-order valence-electron chi connectivity index (χ2n) is 4.81. The number of nitrogens with zero attached hydrogens (tertiary/aromatic N) is 2. The van der Waals surface area contributed by atoms with E-state index in [0.717, 1.165) is 11.4 Å². The molecule has 1 aromatic carbocycles. The molecular weight excluding hydrogens is 393 g/mol. The number of carbonyl (C=O) groups excluding carboxylic acids is 1. The molecule has 0 aliphatic carbocycles. The number of carbonyl (C=O) groups is 1. The van der Waals surface area contributed by atoms with Crippen LogP contribution in [0.3, 0.4) is 0 Å². The Morgan fingerprint density at radius 2 is 2.08 bits per heavy atom. The van der Waals surface area contributed by atoms with Crippen LogP contribution in [0.2, 0.25) is 5.02 Å². The molecule has 2 N–H and O–H groups in total. The molecule has 0 unspecified atom stereocenters. The molecule has 0 bridgehead atoms. The maximum atomic E-state index is 12.6. The lowest BCUT2D eigenvalue weighted by Gasteiger charge is -2.18. The van der Waals surface area contributed by atoms with Gasteiger partial charge in [-0.15, -0.1) is 36.2 Å². The number of rotatable bonds is 5. The first-order chi connectivity index (χ1) is 10.5. The summed E-state index contributed by atoms with van der Waals surface area (Å²) in [5.74, 6) is 0.221. The van der Waals surface area contributed by atoms with Crippen molar-refractivity contribution in [1.29, 1.82) is 0 Å². The quantitative estimate of drug-likeness (QED) is 0.752. The highest BCUT2D eigenvalue weighted by atomic mass is 35.5. The van der Waals surface area contributed by atoms with Gasteiger partial charge in [-0.1, -0.05) is 18.5 Å². The van der Waals surface area contributed by atoms with E-state index in [9.17, 15) is 4.79 Å². The van der Waals surface area contributed by atoms with Crippen LogP contribution < -0.4 is 10.5 Å². The summed E-state index contributed by atoms with van der Waals surface area (Å²) in [6.45, 7) is 2.52. The molecule has 0 aliphatic rings. The number of hydrogen-bond donors (Lipinski definition) is 1. The van der Waals surface area contributed by atoms with Crippen LogP contribution in [0.4, 0.5) is 5.69 Å². The number of amides is 1. The van der Waals surface area contributed by atoms with Crippen LogP contribution in [-0.2, 0) is 13.0 Å². The summed E-state index contributed by atoms with van der Waals surface area (Å²) in [6.07, 6.45) is 2.79. The number of benzene rings is 1. The van der Waals surface area contributed by atoms with Gasteiger partial charge in [0.2, 0.25) is 0 Å². The minimum absolute atomic E-state index is 0. The molecule has 5 nitrogen and oxygen atoms in total. The Morgan fingerprint density at radius 1 is 1.42 bits per heavy atom. The molecule has 24 heavy (non-hydrogen) atoms. The van der Waals surface area contributed by atoms with E-state index >= 15 is 0 Å². The fourth-order valence-corrected chi connectivity index (χ4v) is 3.05. The zero-order chi connectivity index (χ0) is 16.3. The smallest absolute Gasteiger partial charge is 0.257 e. The molecule has 0 atom stereocenters. The van der Waals surface area contributed by atoms with E-state index < -0.39 is 0 Å². The lowest BCUT2D eigenvalue weighted by atomic mass is 10.1. The van der Waals surface area contributed by atoms with Crippen molar-refractivity contribution in [1.82, 2.24) is 9.88 Å². The number of aromatic nitrogens is 1. The van der Waals surface area contributed by atoms with Gasteiger partial charge in [0.15, 0.2) is 0 Å². The summed E-state index contributed by atoms with van der Waals surface area (Å²) in [5, 5.41) is 1.23. The number of anilines is 1. The van der Waals surface area contributed by atoms with Crippen LogP contribution in [0.1, 0.15) is 27.2 Å². The molecule has 2 aromatic rings. The highest BCUT2D eigenvalue weighted by molar-refractivity contribution is 7.11. The van der Waals surface area contributed by atoms with Crippen molar-refractivity contribution in [3.63, 3.8) is 0 Å². The van der Waals surface area contributed by atoms with Gasteiger partial charge in [-0.3, -0.25) is 4.79 Å². The average Bonchev–Trinajstić information content (AvgIpc) is 2.96. The topological polar surface area (TPSA) is 68.5 Å². The number of methoxy groups -OCH3 is 1. The Labute approximate surface area is 163 Å². The monoisotopic (exact) mass is 411 g/mol. The molecule has 0 radical (unpaired) electrons. The van der Waals surface area contributed by atoms with Gasteiger partial charge in [-0.05, 0) is 12.5 Å². The van der Waals surface area contributed by atoms with Crippen LogP contribution >= 0.6 is 47.8 Å². The summed E-state index contributed by atoms with van der Waals surface area (Å²) in [5.41, 5.74) is 6.50. The molecule has 0 saturated carbocycles. The zero-order valence-electron chi connectivity index (χ0n) is 13.5. The lowest BCUT2D eigenvalue weighted by molar-refractivity contribution is 0.0781. The van der Waals surface area contributed by atoms with Crippen molar-refractivity contribution < 1.29 is 9.53 Å². The highest BCUT2D eigenvalue weighted by Gasteiger charge is 2.19. The first kappa shape index (κ1) is 22.8. The van der Waals surface area contributed by atoms with Gasteiger partial charge >= 0.3 is 0 Å². The zero-order valence-corrected chi connectivity index (χ0v) is 16.7. The molecule has 0 spiro atoms. The summed E-state index contributed by atoms with van der Waals surface area (Å²) in [7, 11) is 3.22. The second-order valence-corrected chi connectivity index (χ2v) is 6.42. The second kappa shape index (κ2) is 9.93. The number of hydrogen-bond acceptors (Lipinski definition) is 5. The van der Waals surface area contributed by atoms with E-state index in [1.165, 1.54) is 18.1 Å². The SMILES string of the molecule is CCc1cnc(CN(C)C(=O)c2cc(Cl)c(N)cc2OC)s1.Cl.Cl. The van der Waals surface area contributed by atoms with E-state index in [2.05, 4.69) is 11.9 Å². The molecule has 0 aliphatic heterocycles. The third-order valence-corrected chi connectivity index (χ3v) is 4.67. The molecular formula is C15H20Cl3N3O2S. The number of thiazole rings is 1. The predicted octanol–water partition coefficient (Wildman–Crippen LogP) is 4.07. The van der Waals surface area contributed by atoms with Crippen LogP contribution in [0, 0.1) is 0 Å². The first-order valence-electron chi connectivity index (χ1n) is 6.78. The lowest BCUT2D eigenvalue weighted by Crippen LogP contribution is -2.26. The van der Waals surface area contributed by atoms with Crippen LogP contribution in [0.25, 0.3) is 0 Å². The van der Waals surface area contributed by atoms with E-state index in [4.69, 9.17) is 22.1 Å². The summed E-state index contributed by atoms with van der Waals surface area (Å²) < 4.78 is 5.23. The van der Waals surface area contributed by atoms with Gasteiger partial charge in [-0.25, -0.2) is 4.98 Å². The maximum absolute atomic E-state index is 12.6. The van der Waals surface area contributed by atoms with Crippen LogP contribution in [0.15, 0.2) is 18.3 Å². The van der Waals surface area contributed by atoms with Gasteiger partial charge in [0.1, 0.15) is 10.8 Å². The van der Waals surface area contributed by atoms with E-state index in [0.29, 0.717) is 28.6 Å².